The summed E-state index contributed by atoms with van der Waals surface area (Å²) in [7, 11) is 0. The van der Waals surface area contributed by atoms with Crippen LogP contribution in [0.2, 0.25) is 0 Å². The fraction of sp³-hybridized carbons (Fsp3) is 0.0690. The topological polar surface area (TPSA) is 112 Å². The Morgan fingerprint density at radius 3 is 0.771 bits per heavy atom. The molecule has 0 fully saturated rings. The third-order valence-corrected chi connectivity index (χ3v) is 5.33. The summed E-state index contributed by atoms with van der Waals surface area (Å²) in [6.45, 7) is 4.00. The molecule has 0 aliphatic heterocycles. The van der Waals surface area contributed by atoms with Crippen molar-refractivity contribution in [2.24, 2.45) is 0 Å². The Balaban J connectivity index is 0.00000167. The van der Waals surface area contributed by atoms with E-state index in [4.69, 9.17) is 0 Å². The molecule has 0 radical (unpaired) electrons. The zero-order chi connectivity index (χ0) is 25.5. The Morgan fingerprint density at radius 1 is 0.400 bits per heavy atom. The molecule has 0 aromatic heterocycles. The monoisotopic (exact) mass is 468 g/mol. The van der Waals surface area contributed by atoms with Gasteiger partial charge in [0.2, 0.25) is 0 Å². The van der Waals surface area contributed by atoms with E-state index in [1.54, 1.807) is 36.4 Å². The average Bonchev–Trinajstić information content (AvgIpc) is 2.89. The van der Waals surface area contributed by atoms with Crippen LogP contribution >= 0.6 is 0 Å². The van der Waals surface area contributed by atoms with Gasteiger partial charge in [0.15, 0.2) is 0 Å². The molecule has 0 atom stereocenters. The van der Waals surface area contributed by atoms with Gasteiger partial charge < -0.3 is 15.3 Å². The van der Waals surface area contributed by atoms with E-state index >= 15 is 0 Å². The Kier molecular flexibility index (Phi) is 7.79. The van der Waals surface area contributed by atoms with Gasteiger partial charge in [0, 0.05) is 0 Å². The molecule has 0 spiro atoms. The van der Waals surface area contributed by atoms with Crippen molar-refractivity contribution in [2.75, 3.05) is 0 Å². The van der Waals surface area contributed by atoms with Gasteiger partial charge >= 0.3 is 17.9 Å². The molecule has 4 rings (SSSR count). The number of aromatic carboxylic acids is 3. The van der Waals surface area contributed by atoms with Crippen LogP contribution in [0.4, 0.5) is 0 Å². The van der Waals surface area contributed by atoms with Crippen LogP contribution < -0.4 is 0 Å². The predicted octanol–water partition coefficient (Wildman–Crippen LogP) is 6.81. The lowest BCUT2D eigenvalue weighted by Crippen LogP contribution is -1.96. The van der Waals surface area contributed by atoms with Gasteiger partial charge in [0.1, 0.15) is 0 Å². The number of rotatable bonds is 6. The number of carbonyl (C=O) groups is 3. The third kappa shape index (κ3) is 5.81. The minimum absolute atomic E-state index is 0.184. The highest BCUT2D eigenvalue weighted by Crippen LogP contribution is 2.33. The van der Waals surface area contributed by atoms with Crippen LogP contribution in [-0.4, -0.2) is 33.2 Å². The maximum Gasteiger partial charge on any atom is 0.335 e. The SMILES string of the molecule is CC.O=C(O)c1ccc(-c2cc(-c3ccc(C(=O)O)cc3)cc(-c3ccc(C(=O)O)cc3)c2)cc1. The van der Waals surface area contributed by atoms with Gasteiger partial charge in [0.05, 0.1) is 16.7 Å². The molecule has 0 heterocycles. The Labute approximate surface area is 202 Å². The zero-order valence-corrected chi connectivity index (χ0v) is 19.2. The van der Waals surface area contributed by atoms with Gasteiger partial charge in [-0.1, -0.05) is 50.2 Å². The Morgan fingerprint density at radius 2 is 0.600 bits per heavy atom. The van der Waals surface area contributed by atoms with Gasteiger partial charge in [-0.2, -0.15) is 0 Å². The largest absolute Gasteiger partial charge is 0.478 e. The first kappa shape index (κ1) is 24.9. The minimum Gasteiger partial charge on any atom is -0.478 e. The maximum absolute atomic E-state index is 11.2. The molecule has 3 N–H and O–H groups in total. The number of hydrogen-bond donors (Lipinski definition) is 3. The van der Waals surface area contributed by atoms with Crippen LogP contribution in [0.25, 0.3) is 33.4 Å². The number of benzene rings is 4. The lowest BCUT2D eigenvalue weighted by Gasteiger charge is -2.12. The quantitative estimate of drug-likeness (QED) is 0.287. The highest BCUT2D eigenvalue weighted by Gasteiger charge is 2.11. The summed E-state index contributed by atoms with van der Waals surface area (Å²) in [5, 5.41) is 27.5. The smallest absolute Gasteiger partial charge is 0.335 e. The van der Waals surface area contributed by atoms with Crippen LogP contribution in [0.3, 0.4) is 0 Å². The highest BCUT2D eigenvalue weighted by molar-refractivity contribution is 5.91. The molecule has 0 aliphatic carbocycles. The molecule has 0 saturated carbocycles. The number of hydrogen-bond acceptors (Lipinski definition) is 3. The Bertz CT molecular complexity index is 1170. The van der Waals surface area contributed by atoms with Gasteiger partial charge in [-0.05, 0) is 88.0 Å². The zero-order valence-electron chi connectivity index (χ0n) is 19.2. The van der Waals surface area contributed by atoms with Crippen LogP contribution in [0, 0.1) is 0 Å². The van der Waals surface area contributed by atoms with Crippen molar-refractivity contribution in [2.45, 2.75) is 13.8 Å². The molecule has 4 aromatic carbocycles. The van der Waals surface area contributed by atoms with Gasteiger partial charge in [-0.25, -0.2) is 14.4 Å². The second-order valence-corrected chi connectivity index (χ2v) is 7.45. The molecule has 176 valence electrons. The fourth-order valence-electron chi connectivity index (χ4n) is 3.54. The first-order chi connectivity index (χ1) is 16.8. The van der Waals surface area contributed by atoms with Crippen molar-refractivity contribution >= 4 is 17.9 Å². The molecule has 0 bridgehead atoms. The second-order valence-electron chi connectivity index (χ2n) is 7.45. The Hall–Kier alpha value is -4.71. The standard InChI is InChI=1S/C27H18O6.C2H6/c28-25(29)19-7-1-16(2-8-19)22-13-23(17-3-9-20(10-4-17)26(30)31)15-24(14-22)18-5-11-21(12-6-18)27(32)33;1-2/h1-15H,(H,28,29)(H,30,31)(H,32,33);1-2H3. The third-order valence-electron chi connectivity index (χ3n) is 5.33. The van der Waals surface area contributed by atoms with Crippen molar-refractivity contribution in [1.29, 1.82) is 0 Å². The fourth-order valence-corrected chi connectivity index (χ4v) is 3.54. The molecule has 0 aliphatic rings. The number of carboxylic acids is 3. The summed E-state index contributed by atoms with van der Waals surface area (Å²) in [5.41, 5.74) is 5.50. The van der Waals surface area contributed by atoms with E-state index in [-0.39, 0.29) is 16.7 Å². The van der Waals surface area contributed by atoms with E-state index in [9.17, 15) is 29.7 Å². The lowest BCUT2D eigenvalue weighted by molar-refractivity contribution is 0.0686. The van der Waals surface area contributed by atoms with E-state index in [1.165, 1.54) is 36.4 Å². The molecule has 6 nitrogen and oxygen atoms in total. The van der Waals surface area contributed by atoms with E-state index < -0.39 is 17.9 Å². The van der Waals surface area contributed by atoms with Crippen LogP contribution in [-0.2, 0) is 0 Å². The minimum atomic E-state index is -1.01. The second kappa shape index (κ2) is 10.9. The normalized spacial score (nSPS) is 10.1. The maximum atomic E-state index is 11.2. The van der Waals surface area contributed by atoms with Crippen molar-refractivity contribution in [1.82, 2.24) is 0 Å². The summed E-state index contributed by atoms with van der Waals surface area (Å²) in [5.74, 6) is -3.02. The first-order valence-electron chi connectivity index (χ1n) is 11.0. The predicted molar refractivity (Wildman–Crippen MR) is 135 cm³/mol. The van der Waals surface area contributed by atoms with Crippen molar-refractivity contribution < 1.29 is 29.7 Å². The van der Waals surface area contributed by atoms with Crippen LogP contribution in [0.1, 0.15) is 44.9 Å². The summed E-state index contributed by atoms with van der Waals surface area (Å²) in [6, 6.07) is 25.4. The molecular weight excluding hydrogens is 444 g/mol. The number of carboxylic acid groups (broad SMARTS) is 3. The highest BCUT2D eigenvalue weighted by atomic mass is 16.4. The summed E-state index contributed by atoms with van der Waals surface area (Å²) in [6.07, 6.45) is 0. The van der Waals surface area contributed by atoms with Crippen molar-refractivity contribution in [3.05, 3.63) is 108 Å². The first-order valence-corrected chi connectivity index (χ1v) is 11.0. The van der Waals surface area contributed by atoms with Crippen molar-refractivity contribution in [3.8, 4) is 33.4 Å². The van der Waals surface area contributed by atoms with Gasteiger partial charge in [-0.3, -0.25) is 0 Å². The van der Waals surface area contributed by atoms with Crippen LogP contribution in [0.5, 0.6) is 0 Å². The molecule has 0 amide bonds. The van der Waals surface area contributed by atoms with Gasteiger partial charge in [-0.15, -0.1) is 0 Å². The lowest BCUT2D eigenvalue weighted by atomic mass is 9.92. The van der Waals surface area contributed by atoms with E-state index in [2.05, 4.69) is 0 Å². The molecular formula is C29H24O6. The van der Waals surface area contributed by atoms with E-state index in [0.717, 1.165) is 33.4 Å². The summed E-state index contributed by atoms with van der Waals surface area (Å²) < 4.78 is 0. The molecule has 35 heavy (non-hydrogen) atoms. The van der Waals surface area contributed by atoms with E-state index in [1.807, 2.05) is 32.0 Å². The summed E-state index contributed by atoms with van der Waals surface area (Å²) in [4.78, 5) is 33.6. The van der Waals surface area contributed by atoms with Crippen molar-refractivity contribution in [3.63, 3.8) is 0 Å². The van der Waals surface area contributed by atoms with Gasteiger partial charge in [0.25, 0.3) is 0 Å². The van der Waals surface area contributed by atoms with E-state index in [0.29, 0.717) is 0 Å². The summed E-state index contributed by atoms with van der Waals surface area (Å²) >= 11 is 0. The molecule has 0 saturated heterocycles. The molecule has 0 unspecified atom stereocenters. The average molecular weight is 469 g/mol. The molecule has 6 heteroatoms. The molecule has 4 aromatic rings. The van der Waals surface area contributed by atoms with Crippen LogP contribution in [0.15, 0.2) is 91.0 Å².